The average molecular weight is 501 g/mol. The summed E-state index contributed by atoms with van der Waals surface area (Å²) in [5, 5.41) is 6.50. The van der Waals surface area contributed by atoms with Gasteiger partial charge in [0.2, 0.25) is 0 Å². The summed E-state index contributed by atoms with van der Waals surface area (Å²) >= 11 is 0. The van der Waals surface area contributed by atoms with Gasteiger partial charge in [-0.05, 0) is 55.8 Å². The van der Waals surface area contributed by atoms with E-state index in [4.69, 9.17) is 4.74 Å². The highest BCUT2D eigenvalue weighted by molar-refractivity contribution is 14.0. The van der Waals surface area contributed by atoms with E-state index < -0.39 is 0 Å². The molecule has 1 aromatic carbocycles. The Morgan fingerprint density at radius 1 is 1.21 bits per heavy atom. The van der Waals surface area contributed by atoms with Crippen molar-refractivity contribution in [2.75, 3.05) is 32.1 Å². The number of pyridine rings is 1. The number of hydrogen-bond acceptors (Lipinski definition) is 4. The molecule has 0 aliphatic carbocycles. The van der Waals surface area contributed by atoms with Crippen LogP contribution in [0.2, 0.25) is 0 Å². The molecule has 0 fully saturated rings. The third kappa shape index (κ3) is 8.28. The molecule has 1 aromatic heterocycles. The van der Waals surface area contributed by atoms with Crippen molar-refractivity contribution in [2.45, 2.75) is 26.5 Å². The minimum atomic E-state index is -0.275. The van der Waals surface area contributed by atoms with Gasteiger partial charge in [0, 0.05) is 26.8 Å². The molecule has 1 atom stereocenters. The summed E-state index contributed by atoms with van der Waals surface area (Å²) in [6.45, 7) is 5.85. The summed E-state index contributed by atoms with van der Waals surface area (Å²) in [5.41, 5.74) is 1.08. The van der Waals surface area contributed by atoms with Gasteiger partial charge in [0.1, 0.15) is 23.5 Å². The molecule has 1 heterocycles. The fourth-order valence-electron chi connectivity index (χ4n) is 2.34. The van der Waals surface area contributed by atoms with Crippen molar-refractivity contribution < 1.29 is 9.13 Å². The quantitative estimate of drug-likeness (QED) is 0.330. The minimum absolute atomic E-state index is 0. The van der Waals surface area contributed by atoms with Crippen molar-refractivity contribution in [2.24, 2.45) is 4.99 Å². The number of anilines is 1. The Bertz CT molecular complexity index is 740. The summed E-state index contributed by atoms with van der Waals surface area (Å²) in [6.07, 6.45) is 1.69. The number of benzene rings is 1. The third-order valence-electron chi connectivity index (χ3n) is 3.74. The molecule has 8 heteroatoms. The van der Waals surface area contributed by atoms with E-state index in [9.17, 15) is 4.39 Å². The molecular weight excluding hydrogens is 472 g/mol. The van der Waals surface area contributed by atoms with Gasteiger partial charge in [-0.15, -0.1) is 24.0 Å². The second kappa shape index (κ2) is 12.4. The number of aromatic nitrogens is 1. The van der Waals surface area contributed by atoms with Crippen molar-refractivity contribution in [3.63, 3.8) is 0 Å². The van der Waals surface area contributed by atoms with Crippen LogP contribution in [0.25, 0.3) is 0 Å². The highest BCUT2D eigenvalue weighted by Crippen LogP contribution is 2.13. The van der Waals surface area contributed by atoms with Gasteiger partial charge in [-0.25, -0.2) is 14.4 Å². The van der Waals surface area contributed by atoms with Crippen molar-refractivity contribution in [1.82, 2.24) is 15.6 Å². The summed E-state index contributed by atoms with van der Waals surface area (Å²) in [4.78, 5) is 10.9. The van der Waals surface area contributed by atoms with Gasteiger partial charge in [-0.2, -0.15) is 0 Å². The van der Waals surface area contributed by atoms with E-state index in [0.29, 0.717) is 18.8 Å². The van der Waals surface area contributed by atoms with Gasteiger partial charge in [0.25, 0.3) is 0 Å². The maximum atomic E-state index is 13.0. The van der Waals surface area contributed by atoms with Crippen molar-refractivity contribution in [3.8, 4) is 5.75 Å². The van der Waals surface area contributed by atoms with Crippen molar-refractivity contribution in [1.29, 1.82) is 0 Å². The molecule has 154 valence electrons. The van der Waals surface area contributed by atoms with E-state index >= 15 is 0 Å². The molecule has 2 aromatic rings. The molecule has 1 unspecified atom stereocenters. The van der Waals surface area contributed by atoms with Crippen molar-refractivity contribution >= 4 is 35.8 Å². The van der Waals surface area contributed by atoms with Gasteiger partial charge in [-0.1, -0.05) is 0 Å². The summed E-state index contributed by atoms with van der Waals surface area (Å²) < 4.78 is 18.7. The molecular formula is C20H29FIN5O. The second-order valence-electron chi connectivity index (χ2n) is 6.38. The van der Waals surface area contributed by atoms with Crippen LogP contribution in [0.5, 0.6) is 5.75 Å². The van der Waals surface area contributed by atoms with E-state index in [2.05, 4.69) is 20.6 Å². The van der Waals surface area contributed by atoms with Crippen LogP contribution < -0.4 is 20.3 Å². The Kier molecular flexibility index (Phi) is 10.6. The first-order valence-corrected chi connectivity index (χ1v) is 9.04. The van der Waals surface area contributed by atoms with E-state index in [1.54, 1.807) is 18.3 Å². The number of halogens is 2. The number of rotatable bonds is 8. The van der Waals surface area contributed by atoms with Crippen LogP contribution in [0.15, 0.2) is 47.6 Å². The highest BCUT2D eigenvalue weighted by atomic mass is 127. The van der Waals surface area contributed by atoms with E-state index in [-0.39, 0.29) is 35.9 Å². The van der Waals surface area contributed by atoms with E-state index in [1.807, 2.05) is 45.0 Å². The first-order chi connectivity index (χ1) is 13.0. The Morgan fingerprint density at radius 3 is 2.57 bits per heavy atom. The Hall–Kier alpha value is -2.10. The minimum Gasteiger partial charge on any atom is -0.489 e. The lowest BCUT2D eigenvalue weighted by Crippen LogP contribution is -2.41. The number of ether oxygens (including phenoxy) is 1. The average Bonchev–Trinajstić information content (AvgIpc) is 2.66. The molecule has 0 saturated carbocycles. The van der Waals surface area contributed by atoms with Crippen LogP contribution in [-0.4, -0.2) is 44.2 Å². The molecule has 0 radical (unpaired) electrons. The number of aliphatic imine (C=N–C) groups is 1. The lowest BCUT2D eigenvalue weighted by Gasteiger charge is -2.18. The molecule has 0 amide bonds. The zero-order valence-electron chi connectivity index (χ0n) is 16.8. The second-order valence-corrected chi connectivity index (χ2v) is 6.38. The molecule has 0 aliphatic heterocycles. The van der Waals surface area contributed by atoms with E-state index in [0.717, 1.165) is 23.9 Å². The predicted octanol–water partition coefficient (Wildman–Crippen LogP) is 3.43. The van der Waals surface area contributed by atoms with Crippen LogP contribution in [0, 0.1) is 5.82 Å². The number of hydrogen-bond donors (Lipinski definition) is 2. The summed E-state index contributed by atoms with van der Waals surface area (Å²) in [5.74, 6) is 1.99. The number of nitrogens with one attached hydrogen (secondary N) is 2. The highest BCUT2D eigenvalue weighted by Gasteiger charge is 2.06. The smallest absolute Gasteiger partial charge is 0.191 e. The van der Waals surface area contributed by atoms with Crippen LogP contribution in [-0.2, 0) is 6.54 Å². The third-order valence-corrected chi connectivity index (χ3v) is 3.74. The summed E-state index contributed by atoms with van der Waals surface area (Å²) in [6, 6.07) is 10.00. The first kappa shape index (κ1) is 23.9. The molecule has 0 bridgehead atoms. The summed E-state index contributed by atoms with van der Waals surface area (Å²) in [7, 11) is 3.92. The normalized spacial score (nSPS) is 12.0. The zero-order valence-corrected chi connectivity index (χ0v) is 19.1. The van der Waals surface area contributed by atoms with Crippen LogP contribution >= 0.6 is 24.0 Å². The maximum Gasteiger partial charge on any atom is 0.191 e. The van der Waals surface area contributed by atoms with Crippen molar-refractivity contribution in [3.05, 3.63) is 54.0 Å². The topological polar surface area (TPSA) is 61.8 Å². The van der Waals surface area contributed by atoms with Crippen LogP contribution in [0.4, 0.5) is 10.2 Å². The molecule has 6 nitrogen and oxygen atoms in total. The first-order valence-electron chi connectivity index (χ1n) is 9.04. The molecule has 0 saturated heterocycles. The molecule has 2 N–H and O–H groups in total. The van der Waals surface area contributed by atoms with Gasteiger partial charge >= 0.3 is 0 Å². The molecule has 0 spiro atoms. The SMILES string of the molecule is CCNC(=NCc1ccnc(N(C)C)c1)NCC(C)Oc1ccc(F)cc1.I. The van der Waals surface area contributed by atoms with Gasteiger partial charge in [-0.3, -0.25) is 0 Å². The fourth-order valence-corrected chi connectivity index (χ4v) is 2.34. The molecule has 28 heavy (non-hydrogen) atoms. The lowest BCUT2D eigenvalue weighted by atomic mass is 10.2. The fraction of sp³-hybridized carbons (Fsp3) is 0.400. The lowest BCUT2D eigenvalue weighted by molar-refractivity contribution is 0.223. The van der Waals surface area contributed by atoms with Gasteiger partial charge < -0.3 is 20.3 Å². The predicted molar refractivity (Wildman–Crippen MR) is 123 cm³/mol. The van der Waals surface area contributed by atoms with Gasteiger partial charge in [0.15, 0.2) is 5.96 Å². The monoisotopic (exact) mass is 501 g/mol. The zero-order chi connectivity index (χ0) is 19.6. The van der Waals surface area contributed by atoms with Crippen LogP contribution in [0.1, 0.15) is 19.4 Å². The number of guanidine groups is 1. The number of nitrogens with zero attached hydrogens (tertiary/aromatic N) is 3. The Balaban J connectivity index is 0.00000392. The molecule has 2 rings (SSSR count). The van der Waals surface area contributed by atoms with Gasteiger partial charge in [0.05, 0.1) is 13.1 Å². The standard InChI is InChI=1S/C20H28FN5O.HI/c1-5-22-20(25-14-16-10-11-23-19(12-16)26(3)4)24-13-15(2)27-18-8-6-17(21)7-9-18;/h6-12,15H,5,13-14H2,1-4H3,(H2,22,24,25);1H. The Labute approximate surface area is 183 Å². The Morgan fingerprint density at radius 2 is 1.93 bits per heavy atom. The maximum absolute atomic E-state index is 13.0. The van der Waals surface area contributed by atoms with Crippen LogP contribution in [0.3, 0.4) is 0 Å². The molecule has 0 aliphatic rings. The largest absolute Gasteiger partial charge is 0.489 e. The van der Waals surface area contributed by atoms with E-state index in [1.165, 1.54) is 12.1 Å².